The molecule has 0 aliphatic carbocycles. The van der Waals surface area contributed by atoms with E-state index in [9.17, 15) is 9.59 Å². The van der Waals surface area contributed by atoms with Crippen LogP contribution in [0.15, 0.2) is 0 Å². The molecule has 0 radical (unpaired) electrons. The Morgan fingerprint density at radius 1 is 0.567 bits per heavy atom. The first-order valence-corrected chi connectivity index (χ1v) is 13.0. The molecule has 0 aromatic rings. The Hall–Kier alpha value is -1.06. The number of carbonyl (C=O) groups excluding carboxylic acids is 2. The predicted molar refractivity (Wildman–Crippen MR) is 128 cm³/mol. The molecule has 30 heavy (non-hydrogen) atoms. The summed E-state index contributed by atoms with van der Waals surface area (Å²) in [5, 5.41) is 0. The van der Waals surface area contributed by atoms with Gasteiger partial charge in [-0.3, -0.25) is 9.59 Å². The van der Waals surface area contributed by atoms with Gasteiger partial charge in [0.25, 0.3) is 5.91 Å². The molecule has 0 aliphatic heterocycles. The minimum Gasteiger partial charge on any atom is -0.456 e. The molecule has 0 saturated heterocycles. The third-order valence-electron chi connectivity index (χ3n) is 5.81. The van der Waals surface area contributed by atoms with E-state index in [0.717, 1.165) is 25.9 Å². The monoisotopic (exact) mass is 425 g/mol. The van der Waals surface area contributed by atoms with E-state index < -0.39 is 0 Å². The lowest BCUT2D eigenvalue weighted by Crippen LogP contribution is -2.36. The van der Waals surface area contributed by atoms with Crippen LogP contribution in [0.3, 0.4) is 0 Å². The average molecular weight is 426 g/mol. The lowest BCUT2D eigenvalue weighted by Gasteiger charge is -2.22. The molecule has 0 heterocycles. The molecule has 0 N–H and O–H groups in total. The highest BCUT2D eigenvalue weighted by atomic mass is 16.5. The van der Waals surface area contributed by atoms with E-state index in [2.05, 4.69) is 13.8 Å². The number of amides is 1. The first-order chi connectivity index (χ1) is 14.6. The average Bonchev–Trinajstić information content (AvgIpc) is 2.73. The number of ether oxygens (including phenoxy) is 1. The highest BCUT2D eigenvalue weighted by Gasteiger charge is 2.14. The molecule has 0 rings (SSSR count). The summed E-state index contributed by atoms with van der Waals surface area (Å²) in [5.41, 5.74) is 0. The smallest absolute Gasteiger partial charge is 0.303 e. The lowest BCUT2D eigenvalue weighted by atomic mass is 10.1. The number of unbranched alkanes of at least 4 members (excludes halogenated alkanes) is 16. The van der Waals surface area contributed by atoms with Crippen molar-refractivity contribution in [2.24, 2.45) is 0 Å². The van der Waals surface area contributed by atoms with Crippen molar-refractivity contribution in [2.45, 2.75) is 136 Å². The molecule has 0 aromatic carbocycles. The van der Waals surface area contributed by atoms with Crippen LogP contribution in [0.25, 0.3) is 0 Å². The van der Waals surface area contributed by atoms with Gasteiger partial charge < -0.3 is 9.64 Å². The van der Waals surface area contributed by atoms with E-state index in [-0.39, 0.29) is 18.5 Å². The largest absolute Gasteiger partial charge is 0.456 e. The minimum absolute atomic E-state index is 0.0377. The van der Waals surface area contributed by atoms with Crippen molar-refractivity contribution >= 4 is 11.9 Å². The second-order valence-corrected chi connectivity index (χ2v) is 8.82. The van der Waals surface area contributed by atoms with Gasteiger partial charge in [0.1, 0.15) is 0 Å². The third-order valence-corrected chi connectivity index (χ3v) is 5.81. The van der Waals surface area contributed by atoms with Crippen LogP contribution in [0.2, 0.25) is 0 Å². The summed E-state index contributed by atoms with van der Waals surface area (Å²) in [6.07, 6.45) is 23.1. The van der Waals surface area contributed by atoms with Crippen LogP contribution >= 0.6 is 0 Å². The Labute approximate surface area is 187 Å². The summed E-state index contributed by atoms with van der Waals surface area (Å²) in [4.78, 5) is 25.4. The van der Waals surface area contributed by atoms with Crippen molar-refractivity contribution < 1.29 is 14.3 Å². The van der Waals surface area contributed by atoms with Crippen LogP contribution in [-0.2, 0) is 14.3 Å². The molecule has 0 fully saturated rings. The molecule has 0 aliphatic rings. The second kappa shape index (κ2) is 22.6. The zero-order valence-electron chi connectivity index (χ0n) is 20.5. The van der Waals surface area contributed by atoms with E-state index in [4.69, 9.17) is 4.74 Å². The molecule has 178 valence electrons. The van der Waals surface area contributed by atoms with Crippen LogP contribution < -0.4 is 0 Å². The summed E-state index contributed by atoms with van der Waals surface area (Å²) in [6, 6.07) is 0. The van der Waals surface area contributed by atoms with Crippen LogP contribution in [0, 0.1) is 0 Å². The summed E-state index contributed by atoms with van der Waals surface area (Å²) >= 11 is 0. The molecular weight excluding hydrogens is 374 g/mol. The number of rotatable bonds is 22. The normalized spacial score (nSPS) is 10.9. The summed E-state index contributed by atoms with van der Waals surface area (Å²) in [6.45, 7) is 7.36. The van der Waals surface area contributed by atoms with E-state index in [0.29, 0.717) is 0 Å². The standard InChI is InChI=1S/C26H51NO3/c1-4-6-8-10-12-14-16-18-20-22-27(26(29)24-30-25(3)28)23-21-19-17-15-13-11-9-7-5-2/h4-24H2,1-3H3. The molecule has 0 unspecified atom stereocenters. The lowest BCUT2D eigenvalue weighted by molar-refractivity contribution is -0.150. The zero-order chi connectivity index (χ0) is 22.3. The molecule has 0 aromatic heterocycles. The van der Waals surface area contributed by atoms with Gasteiger partial charge in [-0.1, -0.05) is 117 Å². The summed E-state index contributed by atoms with van der Waals surface area (Å²) in [7, 11) is 0. The Morgan fingerprint density at radius 3 is 1.23 bits per heavy atom. The third kappa shape index (κ3) is 20.2. The summed E-state index contributed by atoms with van der Waals surface area (Å²) < 4.78 is 4.94. The SMILES string of the molecule is CCCCCCCCCCCN(CCCCCCCCCCC)C(=O)COC(C)=O. The fourth-order valence-electron chi connectivity index (χ4n) is 3.84. The quantitative estimate of drug-likeness (QED) is 0.134. The van der Waals surface area contributed by atoms with Crippen molar-refractivity contribution in [3.05, 3.63) is 0 Å². The fraction of sp³-hybridized carbons (Fsp3) is 0.923. The highest BCUT2D eigenvalue weighted by molar-refractivity contribution is 5.80. The van der Waals surface area contributed by atoms with Crippen LogP contribution in [0.5, 0.6) is 0 Å². The first-order valence-electron chi connectivity index (χ1n) is 13.0. The van der Waals surface area contributed by atoms with Gasteiger partial charge in [-0.25, -0.2) is 0 Å². The maximum absolute atomic E-state index is 12.4. The Kier molecular flexibility index (Phi) is 21.8. The molecule has 0 saturated carbocycles. The molecule has 4 heteroatoms. The van der Waals surface area contributed by atoms with Gasteiger partial charge in [-0.15, -0.1) is 0 Å². The van der Waals surface area contributed by atoms with Gasteiger partial charge in [-0.2, -0.15) is 0 Å². The number of hydrogen-bond donors (Lipinski definition) is 0. The number of esters is 1. The van der Waals surface area contributed by atoms with Gasteiger partial charge >= 0.3 is 5.97 Å². The van der Waals surface area contributed by atoms with E-state index >= 15 is 0 Å². The molecular formula is C26H51NO3. The fourth-order valence-corrected chi connectivity index (χ4v) is 3.84. The van der Waals surface area contributed by atoms with E-state index in [1.54, 1.807) is 0 Å². The van der Waals surface area contributed by atoms with Crippen LogP contribution in [0.4, 0.5) is 0 Å². The van der Waals surface area contributed by atoms with Crippen molar-refractivity contribution in [1.82, 2.24) is 4.90 Å². The molecule has 0 atom stereocenters. The second-order valence-electron chi connectivity index (χ2n) is 8.82. The van der Waals surface area contributed by atoms with E-state index in [1.165, 1.54) is 110 Å². The van der Waals surface area contributed by atoms with Crippen LogP contribution in [-0.4, -0.2) is 36.5 Å². The highest BCUT2D eigenvalue weighted by Crippen LogP contribution is 2.12. The first kappa shape index (κ1) is 28.9. The Bertz CT molecular complexity index is 376. The Morgan fingerprint density at radius 2 is 0.900 bits per heavy atom. The van der Waals surface area contributed by atoms with Gasteiger partial charge in [0.15, 0.2) is 6.61 Å². The summed E-state index contributed by atoms with van der Waals surface area (Å²) in [5.74, 6) is -0.418. The molecule has 1 amide bonds. The predicted octanol–water partition coefficient (Wildman–Crippen LogP) is 7.44. The van der Waals surface area contributed by atoms with Gasteiger partial charge in [0.05, 0.1) is 0 Å². The van der Waals surface area contributed by atoms with Crippen molar-refractivity contribution in [3.63, 3.8) is 0 Å². The maximum atomic E-state index is 12.4. The Balaban J connectivity index is 3.94. The van der Waals surface area contributed by atoms with Gasteiger partial charge in [0, 0.05) is 20.0 Å². The number of hydrogen-bond acceptors (Lipinski definition) is 3. The van der Waals surface area contributed by atoms with Gasteiger partial charge in [-0.05, 0) is 12.8 Å². The van der Waals surface area contributed by atoms with E-state index in [1.807, 2.05) is 4.90 Å². The molecule has 0 spiro atoms. The molecule has 4 nitrogen and oxygen atoms in total. The van der Waals surface area contributed by atoms with Crippen molar-refractivity contribution in [3.8, 4) is 0 Å². The zero-order valence-corrected chi connectivity index (χ0v) is 20.5. The van der Waals surface area contributed by atoms with Crippen LogP contribution in [0.1, 0.15) is 136 Å². The molecule has 0 bridgehead atoms. The number of carbonyl (C=O) groups is 2. The van der Waals surface area contributed by atoms with Gasteiger partial charge in [0.2, 0.25) is 0 Å². The maximum Gasteiger partial charge on any atom is 0.303 e. The van der Waals surface area contributed by atoms with Crippen molar-refractivity contribution in [2.75, 3.05) is 19.7 Å². The topological polar surface area (TPSA) is 46.6 Å². The number of nitrogens with zero attached hydrogens (tertiary/aromatic N) is 1. The minimum atomic E-state index is -0.380. The van der Waals surface area contributed by atoms with Crippen molar-refractivity contribution in [1.29, 1.82) is 0 Å².